The van der Waals surface area contributed by atoms with Crippen molar-refractivity contribution in [3.8, 4) is 0 Å². The largest absolute Gasteiger partial charge is 0.396 e. The minimum atomic E-state index is 0.185. The first-order valence-corrected chi connectivity index (χ1v) is 5.18. The van der Waals surface area contributed by atoms with Gasteiger partial charge in [-0.3, -0.25) is 4.98 Å². The third-order valence-corrected chi connectivity index (χ3v) is 2.83. The second-order valence-electron chi connectivity index (χ2n) is 3.96. The van der Waals surface area contributed by atoms with Crippen LogP contribution in [0.15, 0.2) is 30.5 Å². The van der Waals surface area contributed by atoms with Crippen molar-refractivity contribution >= 4 is 10.8 Å². The Balaban J connectivity index is 2.59. The Labute approximate surface area is 89.6 Å². The zero-order chi connectivity index (χ0) is 10.8. The number of benzene rings is 1. The molecule has 0 spiro atoms. The number of fused-ring (bicyclic) bond motifs is 1. The van der Waals surface area contributed by atoms with Crippen molar-refractivity contribution in [3.63, 3.8) is 0 Å². The number of aryl methyl sites for hydroxylation is 1. The van der Waals surface area contributed by atoms with E-state index in [0.717, 1.165) is 5.69 Å². The lowest BCUT2D eigenvalue weighted by molar-refractivity contribution is 0.273. The van der Waals surface area contributed by atoms with E-state index in [1.165, 1.54) is 16.3 Å². The van der Waals surface area contributed by atoms with Crippen LogP contribution in [-0.2, 0) is 0 Å². The first-order chi connectivity index (χ1) is 7.22. The van der Waals surface area contributed by atoms with Gasteiger partial charge >= 0.3 is 0 Å². The molecule has 0 amide bonds. The van der Waals surface area contributed by atoms with Gasteiger partial charge < -0.3 is 5.11 Å². The number of rotatable bonds is 2. The Kier molecular flexibility index (Phi) is 2.69. The quantitative estimate of drug-likeness (QED) is 0.810. The SMILES string of the molecule is Cc1nccc2ccc(C(C)CO)cc12. The predicted octanol–water partition coefficient (Wildman–Crippen LogP) is 2.64. The molecule has 0 saturated carbocycles. The number of aromatic nitrogens is 1. The summed E-state index contributed by atoms with van der Waals surface area (Å²) in [6, 6.07) is 8.29. The number of aliphatic hydroxyl groups is 1. The van der Waals surface area contributed by atoms with Crippen LogP contribution in [0.2, 0.25) is 0 Å². The molecule has 2 aromatic rings. The number of aliphatic hydroxyl groups excluding tert-OH is 1. The van der Waals surface area contributed by atoms with E-state index in [9.17, 15) is 0 Å². The Morgan fingerprint density at radius 1 is 1.33 bits per heavy atom. The summed E-state index contributed by atoms with van der Waals surface area (Å²) in [5.74, 6) is 0.189. The average molecular weight is 201 g/mol. The molecule has 0 saturated heterocycles. The maximum absolute atomic E-state index is 9.11. The summed E-state index contributed by atoms with van der Waals surface area (Å²) >= 11 is 0. The van der Waals surface area contributed by atoms with Crippen LogP contribution in [0.5, 0.6) is 0 Å². The molecule has 1 aromatic heterocycles. The van der Waals surface area contributed by atoms with Crippen LogP contribution < -0.4 is 0 Å². The van der Waals surface area contributed by atoms with Crippen LogP contribution in [0.25, 0.3) is 10.8 Å². The van der Waals surface area contributed by atoms with Crippen LogP contribution in [0, 0.1) is 6.92 Å². The maximum atomic E-state index is 9.11. The Morgan fingerprint density at radius 3 is 2.87 bits per heavy atom. The van der Waals surface area contributed by atoms with E-state index >= 15 is 0 Å². The molecule has 0 aliphatic rings. The molecule has 78 valence electrons. The van der Waals surface area contributed by atoms with E-state index in [1.54, 1.807) is 0 Å². The second kappa shape index (κ2) is 3.99. The van der Waals surface area contributed by atoms with E-state index in [1.807, 2.05) is 26.1 Å². The summed E-state index contributed by atoms with van der Waals surface area (Å²) in [5.41, 5.74) is 2.21. The lowest BCUT2D eigenvalue weighted by Gasteiger charge is -2.10. The summed E-state index contributed by atoms with van der Waals surface area (Å²) in [5, 5.41) is 11.5. The number of nitrogens with zero attached hydrogens (tertiary/aromatic N) is 1. The van der Waals surface area contributed by atoms with Crippen molar-refractivity contribution < 1.29 is 5.11 Å². The van der Waals surface area contributed by atoms with Gasteiger partial charge in [0.25, 0.3) is 0 Å². The van der Waals surface area contributed by atoms with Gasteiger partial charge in [0.1, 0.15) is 0 Å². The van der Waals surface area contributed by atoms with Gasteiger partial charge in [-0.15, -0.1) is 0 Å². The number of hydrogen-bond donors (Lipinski definition) is 1. The molecule has 2 nitrogen and oxygen atoms in total. The molecule has 0 aliphatic heterocycles. The summed E-state index contributed by atoms with van der Waals surface area (Å²) in [6.07, 6.45) is 1.83. The molecule has 2 heteroatoms. The molecule has 1 atom stereocenters. The van der Waals surface area contributed by atoms with Crippen LogP contribution in [0.1, 0.15) is 24.1 Å². The summed E-state index contributed by atoms with van der Waals surface area (Å²) in [4.78, 5) is 4.27. The van der Waals surface area contributed by atoms with Crippen LogP contribution in [-0.4, -0.2) is 16.7 Å². The summed E-state index contributed by atoms with van der Waals surface area (Å²) in [6.45, 7) is 4.22. The minimum Gasteiger partial charge on any atom is -0.396 e. The summed E-state index contributed by atoms with van der Waals surface area (Å²) < 4.78 is 0. The fourth-order valence-corrected chi connectivity index (χ4v) is 1.74. The molecule has 0 radical (unpaired) electrons. The van der Waals surface area contributed by atoms with Gasteiger partial charge in [-0.2, -0.15) is 0 Å². The van der Waals surface area contributed by atoms with Crippen molar-refractivity contribution in [2.24, 2.45) is 0 Å². The highest BCUT2D eigenvalue weighted by Gasteiger charge is 2.05. The van der Waals surface area contributed by atoms with Crippen molar-refractivity contribution in [1.82, 2.24) is 4.98 Å². The van der Waals surface area contributed by atoms with Crippen molar-refractivity contribution in [1.29, 1.82) is 0 Å². The molecular weight excluding hydrogens is 186 g/mol. The van der Waals surface area contributed by atoms with Gasteiger partial charge in [0.15, 0.2) is 0 Å². The lowest BCUT2D eigenvalue weighted by Crippen LogP contribution is -1.98. The van der Waals surface area contributed by atoms with Crippen molar-refractivity contribution in [2.45, 2.75) is 19.8 Å². The molecule has 1 heterocycles. The van der Waals surface area contributed by atoms with E-state index in [0.29, 0.717) is 0 Å². The van der Waals surface area contributed by atoms with Crippen molar-refractivity contribution in [2.75, 3.05) is 6.61 Å². The molecule has 2 rings (SSSR count). The highest BCUT2D eigenvalue weighted by molar-refractivity contribution is 5.84. The Bertz CT molecular complexity index is 479. The fourth-order valence-electron chi connectivity index (χ4n) is 1.74. The smallest absolute Gasteiger partial charge is 0.0497 e. The number of pyridine rings is 1. The van der Waals surface area contributed by atoms with E-state index in [-0.39, 0.29) is 12.5 Å². The fraction of sp³-hybridized carbons (Fsp3) is 0.308. The molecular formula is C13H15NO. The molecule has 1 aromatic carbocycles. The van der Waals surface area contributed by atoms with Crippen LogP contribution >= 0.6 is 0 Å². The summed E-state index contributed by atoms with van der Waals surface area (Å²) in [7, 11) is 0. The molecule has 1 unspecified atom stereocenters. The number of hydrogen-bond acceptors (Lipinski definition) is 2. The molecule has 0 fully saturated rings. The van der Waals surface area contributed by atoms with E-state index in [2.05, 4.69) is 23.2 Å². The van der Waals surface area contributed by atoms with Crippen molar-refractivity contribution in [3.05, 3.63) is 41.7 Å². The van der Waals surface area contributed by atoms with Gasteiger partial charge in [0, 0.05) is 29.8 Å². The van der Waals surface area contributed by atoms with Gasteiger partial charge in [0.2, 0.25) is 0 Å². The molecule has 0 bridgehead atoms. The zero-order valence-electron chi connectivity index (χ0n) is 9.07. The van der Waals surface area contributed by atoms with E-state index < -0.39 is 0 Å². The molecule has 0 aliphatic carbocycles. The molecule has 1 N–H and O–H groups in total. The monoisotopic (exact) mass is 201 g/mol. The highest BCUT2D eigenvalue weighted by atomic mass is 16.3. The zero-order valence-corrected chi connectivity index (χ0v) is 9.07. The maximum Gasteiger partial charge on any atom is 0.0497 e. The topological polar surface area (TPSA) is 33.1 Å². The lowest BCUT2D eigenvalue weighted by atomic mass is 9.98. The predicted molar refractivity (Wildman–Crippen MR) is 62.0 cm³/mol. The Morgan fingerprint density at radius 2 is 2.13 bits per heavy atom. The van der Waals surface area contributed by atoms with Gasteiger partial charge in [-0.1, -0.05) is 19.1 Å². The minimum absolute atomic E-state index is 0.185. The second-order valence-corrected chi connectivity index (χ2v) is 3.96. The van der Waals surface area contributed by atoms with Crippen LogP contribution in [0.3, 0.4) is 0 Å². The Hall–Kier alpha value is -1.41. The normalized spacial score (nSPS) is 13.0. The average Bonchev–Trinajstić information content (AvgIpc) is 2.28. The third-order valence-electron chi connectivity index (χ3n) is 2.83. The third kappa shape index (κ3) is 1.85. The van der Waals surface area contributed by atoms with Crippen LogP contribution in [0.4, 0.5) is 0 Å². The van der Waals surface area contributed by atoms with Gasteiger partial charge in [0.05, 0.1) is 0 Å². The first-order valence-electron chi connectivity index (χ1n) is 5.18. The first kappa shape index (κ1) is 10.1. The standard InChI is InChI=1S/C13H15NO/c1-9(8-15)12-4-3-11-5-6-14-10(2)13(11)7-12/h3-7,9,15H,8H2,1-2H3. The molecule has 15 heavy (non-hydrogen) atoms. The highest BCUT2D eigenvalue weighted by Crippen LogP contribution is 2.22. The van der Waals surface area contributed by atoms with E-state index in [4.69, 9.17) is 5.11 Å². The van der Waals surface area contributed by atoms with Gasteiger partial charge in [-0.05, 0) is 30.0 Å². The van der Waals surface area contributed by atoms with Gasteiger partial charge in [-0.25, -0.2) is 0 Å².